The Morgan fingerprint density at radius 2 is 2.30 bits per heavy atom. The normalized spacial score (nSPS) is 29.8. The Labute approximate surface area is 119 Å². The van der Waals surface area contributed by atoms with Crippen molar-refractivity contribution in [3.63, 3.8) is 0 Å². The molecule has 0 aliphatic heterocycles. The lowest BCUT2D eigenvalue weighted by Crippen LogP contribution is -2.35. The largest absolute Gasteiger partial charge is 0.478 e. The number of carboxylic acids is 1. The zero-order valence-corrected chi connectivity index (χ0v) is 12.2. The Morgan fingerprint density at radius 3 is 2.85 bits per heavy atom. The van der Waals surface area contributed by atoms with Gasteiger partial charge in [-0.1, -0.05) is 6.42 Å². The lowest BCUT2D eigenvalue weighted by atomic mass is 9.84. The minimum atomic E-state index is -0.918. The number of rotatable bonds is 5. The molecule has 4 heteroatoms. The second-order valence-corrected chi connectivity index (χ2v) is 6.50. The van der Waals surface area contributed by atoms with E-state index in [1.54, 1.807) is 13.0 Å². The predicted molar refractivity (Wildman–Crippen MR) is 75.6 cm³/mol. The fourth-order valence-electron chi connectivity index (χ4n) is 4.16. The summed E-state index contributed by atoms with van der Waals surface area (Å²) in [4.78, 5) is 11.0. The van der Waals surface area contributed by atoms with Gasteiger partial charge in [-0.05, 0) is 56.9 Å². The number of aryl methyl sites for hydroxylation is 1. The maximum Gasteiger partial charge on any atom is 0.339 e. The zero-order chi connectivity index (χ0) is 14.3. The Hall–Kier alpha value is -1.29. The minimum Gasteiger partial charge on any atom is -0.478 e. The molecule has 1 aromatic heterocycles. The van der Waals surface area contributed by atoms with Crippen LogP contribution in [0.3, 0.4) is 0 Å². The fraction of sp³-hybridized carbons (Fsp3) is 0.688. The van der Waals surface area contributed by atoms with E-state index in [0.717, 1.165) is 23.5 Å². The van der Waals surface area contributed by atoms with Gasteiger partial charge in [-0.15, -0.1) is 0 Å². The third kappa shape index (κ3) is 2.49. The van der Waals surface area contributed by atoms with Gasteiger partial charge in [0.15, 0.2) is 0 Å². The average Bonchev–Trinajstić information content (AvgIpc) is 3.10. The molecule has 4 atom stereocenters. The van der Waals surface area contributed by atoms with E-state index >= 15 is 0 Å². The maximum absolute atomic E-state index is 11.0. The highest BCUT2D eigenvalue weighted by Crippen LogP contribution is 2.49. The van der Waals surface area contributed by atoms with Crippen molar-refractivity contribution in [3.8, 4) is 0 Å². The number of nitrogens with one attached hydrogen (secondary N) is 1. The van der Waals surface area contributed by atoms with Crippen LogP contribution in [0.2, 0.25) is 0 Å². The van der Waals surface area contributed by atoms with Gasteiger partial charge in [0.1, 0.15) is 17.1 Å². The smallest absolute Gasteiger partial charge is 0.339 e. The first-order valence-electron chi connectivity index (χ1n) is 7.60. The van der Waals surface area contributed by atoms with E-state index in [1.807, 2.05) is 0 Å². The summed E-state index contributed by atoms with van der Waals surface area (Å²) >= 11 is 0. The molecule has 4 unspecified atom stereocenters. The molecule has 20 heavy (non-hydrogen) atoms. The number of furan rings is 1. The third-order valence-electron chi connectivity index (χ3n) is 5.23. The molecule has 0 aromatic carbocycles. The molecule has 2 aliphatic rings. The van der Waals surface area contributed by atoms with Crippen LogP contribution in [-0.4, -0.2) is 17.1 Å². The number of hydrogen-bond donors (Lipinski definition) is 2. The summed E-state index contributed by atoms with van der Waals surface area (Å²) in [6.07, 6.45) is 5.59. The molecule has 2 fully saturated rings. The quantitative estimate of drug-likeness (QED) is 0.867. The SMILES string of the molecule is Cc1oc(CNC(C)C2CC3CCC2C3)cc1C(=O)O. The molecule has 110 valence electrons. The summed E-state index contributed by atoms with van der Waals surface area (Å²) < 4.78 is 5.51. The van der Waals surface area contributed by atoms with Crippen LogP contribution in [0.4, 0.5) is 0 Å². The third-order valence-corrected chi connectivity index (χ3v) is 5.23. The minimum absolute atomic E-state index is 0.273. The first-order chi connectivity index (χ1) is 9.54. The van der Waals surface area contributed by atoms with Crippen LogP contribution >= 0.6 is 0 Å². The van der Waals surface area contributed by atoms with E-state index in [9.17, 15) is 4.79 Å². The first kappa shape index (κ1) is 13.7. The van der Waals surface area contributed by atoms with E-state index in [1.165, 1.54) is 25.7 Å². The van der Waals surface area contributed by atoms with Crippen molar-refractivity contribution in [3.05, 3.63) is 23.2 Å². The molecule has 2 N–H and O–H groups in total. The summed E-state index contributed by atoms with van der Waals surface area (Å²) in [5.41, 5.74) is 0.273. The van der Waals surface area contributed by atoms with Gasteiger partial charge < -0.3 is 14.8 Å². The van der Waals surface area contributed by atoms with Gasteiger partial charge in [0.05, 0.1) is 6.54 Å². The molecule has 2 bridgehead atoms. The van der Waals surface area contributed by atoms with Gasteiger partial charge in [-0.3, -0.25) is 0 Å². The van der Waals surface area contributed by atoms with Gasteiger partial charge in [-0.2, -0.15) is 0 Å². The van der Waals surface area contributed by atoms with Crippen LogP contribution in [-0.2, 0) is 6.54 Å². The van der Waals surface area contributed by atoms with E-state index < -0.39 is 5.97 Å². The van der Waals surface area contributed by atoms with Crippen LogP contribution in [0.15, 0.2) is 10.5 Å². The molecule has 4 nitrogen and oxygen atoms in total. The molecular weight excluding hydrogens is 254 g/mol. The van der Waals surface area contributed by atoms with Crippen molar-refractivity contribution in [1.29, 1.82) is 0 Å². The molecule has 0 radical (unpaired) electrons. The Morgan fingerprint density at radius 1 is 1.50 bits per heavy atom. The van der Waals surface area contributed by atoms with Gasteiger partial charge in [-0.25, -0.2) is 4.79 Å². The number of carboxylic acid groups (broad SMARTS) is 1. The summed E-state index contributed by atoms with van der Waals surface area (Å²) in [6.45, 7) is 4.56. The van der Waals surface area contributed by atoms with Crippen LogP contribution in [0.5, 0.6) is 0 Å². The monoisotopic (exact) mass is 277 g/mol. The summed E-state index contributed by atoms with van der Waals surface area (Å²) in [5.74, 6) is 2.92. The predicted octanol–water partition coefficient (Wildman–Crippen LogP) is 3.20. The Balaban J connectivity index is 1.56. The summed E-state index contributed by atoms with van der Waals surface area (Å²) in [7, 11) is 0. The van der Waals surface area contributed by atoms with Crippen molar-refractivity contribution >= 4 is 5.97 Å². The molecule has 1 heterocycles. The van der Waals surface area contributed by atoms with E-state index in [4.69, 9.17) is 9.52 Å². The molecule has 2 aliphatic carbocycles. The van der Waals surface area contributed by atoms with Crippen molar-refractivity contribution in [2.75, 3.05) is 0 Å². The van der Waals surface area contributed by atoms with Crippen molar-refractivity contribution < 1.29 is 14.3 Å². The molecule has 1 aromatic rings. The van der Waals surface area contributed by atoms with E-state index in [-0.39, 0.29) is 5.56 Å². The van der Waals surface area contributed by atoms with Gasteiger partial charge in [0, 0.05) is 6.04 Å². The second-order valence-electron chi connectivity index (χ2n) is 6.50. The molecule has 3 rings (SSSR count). The van der Waals surface area contributed by atoms with E-state index in [2.05, 4.69) is 12.2 Å². The van der Waals surface area contributed by atoms with Gasteiger partial charge in [0.2, 0.25) is 0 Å². The van der Waals surface area contributed by atoms with E-state index in [0.29, 0.717) is 18.3 Å². The maximum atomic E-state index is 11.0. The highest BCUT2D eigenvalue weighted by Gasteiger charge is 2.41. The van der Waals surface area contributed by atoms with Crippen LogP contribution in [0, 0.1) is 24.7 Å². The summed E-state index contributed by atoms with van der Waals surface area (Å²) in [6, 6.07) is 2.11. The average molecular weight is 277 g/mol. The Kier molecular flexibility index (Phi) is 3.59. The topological polar surface area (TPSA) is 62.5 Å². The number of aromatic carboxylic acids is 1. The Bertz CT molecular complexity index is 508. The standard InChI is InChI=1S/C16H23NO3/c1-9(14-6-11-3-4-12(14)5-11)17-8-13-7-15(16(18)19)10(2)20-13/h7,9,11-12,14,17H,3-6,8H2,1-2H3,(H,18,19). The lowest BCUT2D eigenvalue weighted by molar-refractivity contribution is 0.0695. The molecule has 2 saturated carbocycles. The molecule has 0 saturated heterocycles. The first-order valence-corrected chi connectivity index (χ1v) is 7.60. The van der Waals surface area contributed by atoms with Crippen LogP contribution < -0.4 is 5.32 Å². The van der Waals surface area contributed by atoms with Crippen LogP contribution in [0.25, 0.3) is 0 Å². The second kappa shape index (κ2) is 5.24. The number of carbonyl (C=O) groups is 1. The molecule has 0 amide bonds. The molecule has 0 spiro atoms. The fourth-order valence-corrected chi connectivity index (χ4v) is 4.16. The molecular formula is C16H23NO3. The van der Waals surface area contributed by atoms with Crippen LogP contribution in [0.1, 0.15) is 54.5 Å². The number of hydrogen-bond acceptors (Lipinski definition) is 3. The van der Waals surface area contributed by atoms with Gasteiger partial charge >= 0.3 is 5.97 Å². The van der Waals surface area contributed by atoms with Crippen molar-refractivity contribution in [2.45, 2.75) is 52.1 Å². The zero-order valence-electron chi connectivity index (χ0n) is 12.2. The highest BCUT2D eigenvalue weighted by atomic mass is 16.4. The van der Waals surface area contributed by atoms with Crippen molar-refractivity contribution in [2.24, 2.45) is 17.8 Å². The summed E-state index contributed by atoms with van der Waals surface area (Å²) in [5, 5.41) is 12.5. The number of fused-ring (bicyclic) bond motifs is 2. The lowest BCUT2D eigenvalue weighted by Gasteiger charge is -2.28. The van der Waals surface area contributed by atoms with Crippen molar-refractivity contribution in [1.82, 2.24) is 5.32 Å². The van der Waals surface area contributed by atoms with Gasteiger partial charge in [0.25, 0.3) is 0 Å². The highest BCUT2D eigenvalue weighted by molar-refractivity contribution is 5.88.